The van der Waals surface area contributed by atoms with Crippen LogP contribution in [0.3, 0.4) is 0 Å². The first-order valence-electron chi connectivity index (χ1n) is 9.35. The highest BCUT2D eigenvalue weighted by molar-refractivity contribution is 7.99. The topological polar surface area (TPSA) is 53.5 Å². The molecule has 1 aliphatic carbocycles. The second-order valence-corrected chi connectivity index (χ2v) is 9.63. The van der Waals surface area contributed by atoms with Crippen LogP contribution in [0.15, 0.2) is 34.2 Å². The standard InChI is InChI=1S/C19H30FN3OS2/c1-3-26(24)18-7-4-6-16(14-18)23-19(21-2)22-12-5-13-25-17-10-8-15(20)9-11-17/h8-11,16,18H,3-7,12-14H2,1-2H3,(H2,21,22,23). The molecule has 4 nitrogen and oxygen atoms in total. The average Bonchev–Trinajstić information content (AvgIpc) is 2.67. The van der Waals surface area contributed by atoms with Gasteiger partial charge in [-0.2, -0.15) is 0 Å². The van der Waals surface area contributed by atoms with Gasteiger partial charge in [-0.05, 0) is 55.7 Å². The molecule has 1 fully saturated rings. The van der Waals surface area contributed by atoms with Crippen LogP contribution in [0.25, 0.3) is 0 Å². The SMILES string of the molecule is CCS(=O)C1CCCC(NC(=NC)NCCCSc2ccc(F)cc2)C1. The number of guanidine groups is 1. The molecule has 26 heavy (non-hydrogen) atoms. The fraction of sp³-hybridized carbons (Fsp3) is 0.632. The predicted octanol–water partition coefficient (Wildman–Crippen LogP) is 3.55. The highest BCUT2D eigenvalue weighted by Gasteiger charge is 2.25. The summed E-state index contributed by atoms with van der Waals surface area (Å²) in [7, 11) is 1.08. The van der Waals surface area contributed by atoms with E-state index in [4.69, 9.17) is 0 Å². The lowest BCUT2D eigenvalue weighted by Crippen LogP contribution is -2.46. The van der Waals surface area contributed by atoms with Gasteiger partial charge in [0.1, 0.15) is 5.82 Å². The number of benzene rings is 1. The number of aliphatic imine (C=N–C) groups is 1. The van der Waals surface area contributed by atoms with Crippen LogP contribution < -0.4 is 10.6 Å². The van der Waals surface area contributed by atoms with Crippen molar-refractivity contribution < 1.29 is 8.60 Å². The Bertz CT molecular complexity index is 595. The van der Waals surface area contributed by atoms with Gasteiger partial charge in [0, 0.05) is 46.3 Å². The predicted molar refractivity (Wildman–Crippen MR) is 111 cm³/mol. The van der Waals surface area contributed by atoms with Crippen LogP contribution in [-0.4, -0.2) is 46.6 Å². The highest BCUT2D eigenvalue weighted by Crippen LogP contribution is 2.23. The highest BCUT2D eigenvalue weighted by atomic mass is 32.2. The van der Waals surface area contributed by atoms with Crippen LogP contribution in [0, 0.1) is 5.82 Å². The van der Waals surface area contributed by atoms with E-state index >= 15 is 0 Å². The monoisotopic (exact) mass is 399 g/mol. The van der Waals surface area contributed by atoms with E-state index in [2.05, 4.69) is 15.6 Å². The van der Waals surface area contributed by atoms with Gasteiger partial charge >= 0.3 is 0 Å². The van der Waals surface area contributed by atoms with E-state index in [-0.39, 0.29) is 5.82 Å². The van der Waals surface area contributed by atoms with Gasteiger partial charge in [-0.25, -0.2) is 4.39 Å². The largest absolute Gasteiger partial charge is 0.356 e. The fourth-order valence-corrected chi connectivity index (χ4v) is 5.34. The molecule has 1 aliphatic rings. The molecule has 0 saturated heterocycles. The summed E-state index contributed by atoms with van der Waals surface area (Å²) in [5.74, 6) is 2.34. The van der Waals surface area contributed by atoms with E-state index < -0.39 is 10.8 Å². The summed E-state index contributed by atoms with van der Waals surface area (Å²) in [6.07, 6.45) is 5.26. The van der Waals surface area contributed by atoms with Crippen LogP contribution >= 0.6 is 11.8 Å². The molecule has 0 aliphatic heterocycles. The van der Waals surface area contributed by atoms with Crippen molar-refractivity contribution in [3.63, 3.8) is 0 Å². The minimum atomic E-state index is -0.705. The Morgan fingerprint density at radius 3 is 2.81 bits per heavy atom. The molecule has 1 aromatic rings. The molecule has 1 saturated carbocycles. The Kier molecular flexibility index (Phi) is 9.46. The van der Waals surface area contributed by atoms with Gasteiger partial charge in [-0.1, -0.05) is 13.3 Å². The van der Waals surface area contributed by atoms with Gasteiger partial charge in [0.2, 0.25) is 0 Å². The van der Waals surface area contributed by atoms with E-state index in [1.807, 2.05) is 19.1 Å². The number of halogens is 1. The van der Waals surface area contributed by atoms with Gasteiger partial charge in [0.25, 0.3) is 0 Å². The number of nitrogens with one attached hydrogen (secondary N) is 2. The quantitative estimate of drug-likeness (QED) is 0.304. The summed E-state index contributed by atoms with van der Waals surface area (Å²) < 4.78 is 24.9. The Labute approximate surface area is 163 Å². The zero-order valence-corrected chi connectivity index (χ0v) is 17.3. The van der Waals surface area contributed by atoms with Crippen molar-refractivity contribution in [1.82, 2.24) is 10.6 Å². The molecular weight excluding hydrogens is 369 g/mol. The molecular formula is C19H30FN3OS2. The fourth-order valence-electron chi connectivity index (χ4n) is 3.14. The first-order chi connectivity index (χ1) is 12.6. The number of hydrogen-bond acceptors (Lipinski definition) is 3. The minimum absolute atomic E-state index is 0.196. The number of hydrogen-bond donors (Lipinski definition) is 2. The van der Waals surface area contributed by atoms with Crippen molar-refractivity contribution in [3.8, 4) is 0 Å². The normalized spacial score (nSPS) is 22.0. The molecule has 3 unspecified atom stereocenters. The Hall–Kier alpha value is -1.08. The first kappa shape index (κ1) is 21.2. The molecule has 0 amide bonds. The van der Waals surface area contributed by atoms with Crippen molar-refractivity contribution in [2.75, 3.05) is 25.1 Å². The number of rotatable bonds is 8. The molecule has 0 radical (unpaired) electrons. The molecule has 0 aromatic heterocycles. The molecule has 3 atom stereocenters. The lowest BCUT2D eigenvalue weighted by molar-refractivity contribution is 0.413. The van der Waals surface area contributed by atoms with Crippen molar-refractivity contribution in [2.45, 2.75) is 55.2 Å². The maximum Gasteiger partial charge on any atom is 0.191 e. The Morgan fingerprint density at radius 2 is 2.12 bits per heavy atom. The summed E-state index contributed by atoms with van der Waals surface area (Å²) in [6, 6.07) is 6.97. The van der Waals surface area contributed by atoms with E-state index in [1.165, 1.54) is 12.1 Å². The Morgan fingerprint density at radius 1 is 1.35 bits per heavy atom. The zero-order valence-electron chi connectivity index (χ0n) is 15.7. The van der Waals surface area contributed by atoms with Crippen LogP contribution in [0.2, 0.25) is 0 Å². The maximum atomic E-state index is 12.9. The Balaban J connectivity index is 1.66. The third kappa shape index (κ3) is 7.27. The summed E-state index contributed by atoms with van der Waals surface area (Å²) in [4.78, 5) is 5.40. The van der Waals surface area contributed by atoms with Crippen molar-refractivity contribution in [1.29, 1.82) is 0 Å². The van der Waals surface area contributed by atoms with Crippen LogP contribution in [0.1, 0.15) is 39.0 Å². The second kappa shape index (κ2) is 11.6. The van der Waals surface area contributed by atoms with Crippen LogP contribution in [-0.2, 0) is 10.8 Å². The van der Waals surface area contributed by atoms with Crippen LogP contribution in [0.4, 0.5) is 4.39 Å². The number of nitrogens with zero attached hydrogens (tertiary/aromatic N) is 1. The lowest BCUT2D eigenvalue weighted by Gasteiger charge is -2.30. The average molecular weight is 400 g/mol. The maximum absolute atomic E-state index is 12.9. The number of thioether (sulfide) groups is 1. The molecule has 146 valence electrons. The van der Waals surface area contributed by atoms with E-state index in [1.54, 1.807) is 18.8 Å². The smallest absolute Gasteiger partial charge is 0.191 e. The lowest BCUT2D eigenvalue weighted by atomic mass is 9.95. The van der Waals surface area contributed by atoms with Gasteiger partial charge in [0.05, 0.1) is 0 Å². The van der Waals surface area contributed by atoms with Crippen molar-refractivity contribution in [2.24, 2.45) is 4.99 Å². The summed E-state index contributed by atoms with van der Waals surface area (Å²) in [5, 5.41) is 7.16. The van der Waals surface area contributed by atoms with Crippen molar-refractivity contribution in [3.05, 3.63) is 30.1 Å². The second-order valence-electron chi connectivity index (χ2n) is 6.45. The van der Waals surface area contributed by atoms with Gasteiger partial charge in [0.15, 0.2) is 5.96 Å². The molecule has 7 heteroatoms. The van der Waals surface area contributed by atoms with Gasteiger partial charge in [-0.15, -0.1) is 11.8 Å². The van der Waals surface area contributed by atoms with E-state index in [0.717, 1.165) is 61.0 Å². The summed E-state index contributed by atoms with van der Waals surface area (Å²) in [5.41, 5.74) is 0. The molecule has 2 rings (SSSR count). The summed E-state index contributed by atoms with van der Waals surface area (Å²) in [6.45, 7) is 2.84. The van der Waals surface area contributed by atoms with Gasteiger partial charge in [-0.3, -0.25) is 9.20 Å². The third-order valence-corrected chi connectivity index (χ3v) is 7.38. The molecule has 0 spiro atoms. The minimum Gasteiger partial charge on any atom is -0.356 e. The molecule has 0 heterocycles. The summed E-state index contributed by atoms with van der Waals surface area (Å²) >= 11 is 1.73. The van der Waals surface area contributed by atoms with Crippen LogP contribution in [0.5, 0.6) is 0 Å². The zero-order chi connectivity index (χ0) is 18.8. The van der Waals surface area contributed by atoms with E-state index in [0.29, 0.717) is 11.3 Å². The van der Waals surface area contributed by atoms with Crippen molar-refractivity contribution >= 4 is 28.5 Å². The molecule has 2 N–H and O–H groups in total. The third-order valence-electron chi connectivity index (χ3n) is 4.54. The molecule has 0 bridgehead atoms. The van der Waals surface area contributed by atoms with Gasteiger partial charge < -0.3 is 10.6 Å². The first-order valence-corrected chi connectivity index (χ1v) is 11.7. The van der Waals surface area contributed by atoms with E-state index in [9.17, 15) is 8.60 Å². The molecule has 1 aromatic carbocycles.